The molecule has 1 atom stereocenters. The van der Waals surface area contributed by atoms with E-state index < -0.39 is 0 Å². The molecule has 0 spiro atoms. The van der Waals surface area contributed by atoms with Crippen molar-refractivity contribution in [3.63, 3.8) is 0 Å². The summed E-state index contributed by atoms with van der Waals surface area (Å²) in [4.78, 5) is 0. The molecular weight excluding hydrogens is 215 g/mol. The van der Waals surface area contributed by atoms with E-state index >= 15 is 0 Å². The molecule has 1 unspecified atom stereocenters. The van der Waals surface area contributed by atoms with Gasteiger partial charge in [-0.15, -0.1) is 0 Å². The van der Waals surface area contributed by atoms with Crippen LogP contribution < -0.4 is 10.6 Å². The molecule has 1 aliphatic rings. The van der Waals surface area contributed by atoms with Crippen LogP contribution in [0.5, 0.6) is 0 Å². The van der Waals surface area contributed by atoms with Gasteiger partial charge in [-0.3, -0.25) is 0 Å². The summed E-state index contributed by atoms with van der Waals surface area (Å²) >= 11 is 0. The average molecular weight is 236 g/mol. The predicted molar refractivity (Wildman–Crippen MR) is 68.7 cm³/mol. The number of hydrogen-bond donors (Lipinski definition) is 2. The maximum atomic E-state index is 13.2. The first kappa shape index (κ1) is 12.5. The highest BCUT2D eigenvalue weighted by molar-refractivity contribution is 5.24. The molecule has 3 heteroatoms. The van der Waals surface area contributed by atoms with E-state index in [1.165, 1.54) is 12.5 Å². The molecule has 2 N–H and O–H groups in total. The Balaban J connectivity index is 1.97. The second-order valence-corrected chi connectivity index (χ2v) is 5.46. The van der Waals surface area contributed by atoms with Crippen LogP contribution in [0.25, 0.3) is 0 Å². The van der Waals surface area contributed by atoms with Crippen LogP contribution in [0.4, 0.5) is 4.39 Å². The van der Waals surface area contributed by atoms with Gasteiger partial charge in [0, 0.05) is 24.5 Å². The van der Waals surface area contributed by atoms with Crippen LogP contribution in [0, 0.1) is 5.82 Å². The highest BCUT2D eigenvalue weighted by atomic mass is 19.1. The minimum Gasteiger partial charge on any atom is -0.315 e. The third kappa shape index (κ3) is 3.27. The largest absolute Gasteiger partial charge is 0.315 e. The van der Waals surface area contributed by atoms with Crippen molar-refractivity contribution >= 4 is 0 Å². The van der Waals surface area contributed by atoms with Gasteiger partial charge in [0.25, 0.3) is 0 Å². The van der Waals surface area contributed by atoms with Gasteiger partial charge in [0.2, 0.25) is 0 Å². The SMILES string of the molecule is CC(C)(CNC1CCNC1)c1cccc(F)c1. The van der Waals surface area contributed by atoms with Crippen molar-refractivity contribution < 1.29 is 4.39 Å². The van der Waals surface area contributed by atoms with Crippen LogP contribution in [-0.2, 0) is 5.41 Å². The minimum absolute atomic E-state index is 0.0370. The van der Waals surface area contributed by atoms with E-state index in [0.717, 1.165) is 25.2 Å². The molecule has 0 bridgehead atoms. The molecular formula is C14H21FN2. The van der Waals surface area contributed by atoms with Crippen molar-refractivity contribution in [2.45, 2.75) is 31.7 Å². The Kier molecular flexibility index (Phi) is 3.79. The number of hydrogen-bond acceptors (Lipinski definition) is 2. The van der Waals surface area contributed by atoms with Crippen molar-refractivity contribution in [3.8, 4) is 0 Å². The minimum atomic E-state index is -0.155. The Labute approximate surface area is 103 Å². The molecule has 2 nitrogen and oxygen atoms in total. The molecule has 1 fully saturated rings. The lowest BCUT2D eigenvalue weighted by Crippen LogP contribution is -2.40. The third-order valence-electron chi connectivity index (χ3n) is 3.50. The molecule has 1 saturated heterocycles. The number of rotatable bonds is 4. The van der Waals surface area contributed by atoms with Crippen molar-refractivity contribution in [1.82, 2.24) is 10.6 Å². The highest BCUT2D eigenvalue weighted by Gasteiger charge is 2.23. The fraction of sp³-hybridized carbons (Fsp3) is 0.571. The molecule has 1 aromatic rings. The average Bonchev–Trinajstić information content (AvgIpc) is 2.79. The maximum Gasteiger partial charge on any atom is 0.123 e. The van der Waals surface area contributed by atoms with Crippen LogP contribution in [0.2, 0.25) is 0 Å². The zero-order chi connectivity index (χ0) is 12.3. The van der Waals surface area contributed by atoms with Crippen molar-refractivity contribution in [3.05, 3.63) is 35.6 Å². The van der Waals surface area contributed by atoms with Crippen molar-refractivity contribution in [2.24, 2.45) is 0 Å². The zero-order valence-electron chi connectivity index (χ0n) is 10.6. The molecule has 2 rings (SSSR count). The van der Waals surface area contributed by atoms with Gasteiger partial charge in [0.15, 0.2) is 0 Å². The Bertz CT molecular complexity index is 370. The van der Waals surface area contributed by atoms with E-state index in [1.54, 1.807) is 12.1 Å². The molecule has 0 aromatic heterocycles. The van der Waals surface area contributed by atoms with Crippen molar-refractivity contribution in [2.75, 3.05) is 19.6 Å². The Morgan fingerprint density at radius 1 is 1.47 bits per heavy atom. The quantitative estimate of drug-likeness (QED) is 0.836. The summed E-state index contributed by atoms with van der Waals surface area (Å²) in [5.74, 6) is -0.155. The van der Waals surface area contributed by atoms with Gasteiger partial charge in [-0.1, -0.05) is 26.0 Å². The molecule has 1 aliphatic heterocycles. The molecule has 0 radical (unpaired) electrons. The predicted octanol–water partition coefficient (Wildman–Crippen LogP) is 2.05. The van der Waals surface area contributed by atoms with Crippen LogP contribution in [0.3, 0.4) is 0 Å². The van der Waals surface area contributed by atoms with Crippen LogP contribution in [0.15, 0.2) is 24.3 Å². The number of nitrogens with one attached hydrogen (secondary N) is 2. The van der Waals surface area contributed by atoms with E-state index in [4.69, 9.17) is 0 Å². The van der Waals surface area contributed by atoms with Crippen molar-refractivity contribution in [1.29, 1.82) is 0 Å². The molecule has 0 amide bonds. The first-order valence-electron chi connectivity index (χ1n) is 6.28. The summed E-state index contributed by atoms with van der Waals surface area (Å²) in [5, 5.41) is 6.89. The smallest absolute Gasteiger partial charge is 0.123 e. The van der Waals surface area contributed by atoms with E-state index in [1.807, 2.05) is 6.07 Å². The normalized spacial score (nSPS) is 20.8. The lowest BCUT2D eigenvalue weighted by atomic mass is 9.84. The first-order valence-corrected chi connectivity index (χ1v) is 6.28. The standard InChI is InChI=1S/C14H21FN2/c1-14(2,10-17-13-6-7-16-9-13)11-4-3-5-12(15)8-11/h3-5,8,13,16-17H,6-7,9-10H2,1-2H3. The number of benzene rings is 1. The molecule has 0 saturated carbocycles. The molecule has 1 aromatic carbocycles. The summed E-state index contributed by atoms with van der Waals surface area (Å²) in [6, 6.07) is 7.46. The zero-order valence-corrected chi connectivity index (χ0v) is 10.6. The maximum absolute atomic E-state index is 13.2. The third-order valence-corrected chi connectivity index (χ3v) is 3.50. The summed E-state index contributed by atoms with van der Waals surface area (Å²) in [6.45, 7) is 7.31. The summed E-state index contributed by atoms with van der Waals surface area (Å²) in [7, 11) is 0. The summed E-state index contributed by atoms with van der Waals surface area (Å²) in [6.07, 6.45) is 1.18. The van der Waals surface area contributed by atoms with Gasteiger partial charge in [-0.2, -0.15) is 0 Å². The Morgan fingerprint density at radius 3 is 2.94 bits per heavy atom. The molecule has 1 heterocycles. The van der Waals surface area contributed by atoms with Crippen LogP contribution in [0.1, 0.15) is 25.8 Å². The molecule has 0 aliphatic carbocycles. The number of halogens is 1. The van der Waals surface area contributed by atoms with Gasteiger partial charge in [0.1, 0.15) is 5.82 Å². The fourth-order valence-electron chi connectivity index (χ4n) is 2.24. The van der Waals surface area contributed by atoms with Gasteiger partial charge < -0.3 is 10.6 Å². The molecule has 94 valence electrons. The van der Waals surface area contributed by atoms with Gasteiger partial charge in [-0.25, -0.2) is 4.39 Å². The van der Waals surface area contributed by atoms with Gasteiger partial charge in [0.05, 0.1) is 0 Å². The second-order valence-electron chi connectivity index (χ2n) is 5.46. The fourth-order valence-corrected chi connectivity index (χ4v) is 2.24. The topological polar surface area (TPSA) is 24.1 Å². The lowest BCUT2D eigenvalue weighted by molar-refractivity contribution is 0.427. The van der Waals surface area contributed by atoms with E-state index in [0.29, 0.717) is 6.04 Å². The van der Waals surface area contributed by atoms with Crippen LogP contribution >= 0.6 is 0 Å². The van der Waals surface area contributed by atoms with Crippen LogP contribution in [-0.4, -0.2) is 25.7 Å². The Hall–Kier alpha value is -0.930. The van der Waals surface area contributed by atoms with E-state index in [9.17, 15) is 4.39 Å². The monoisotopic (exact) mass is 236 g/mol. The van der Waals surface area contributed by atoms with Gasteiger partial charge >= 0.3 is 0 Å². The lowest BCUT2D eigenvalue weighted by Gasteiger charge is -2.27. The van der Waals surface area contributed by atoms with Gasteiger partial charge in [-0.05, 0) is 30.7 Å². The highest BCUT2D eigenvalue weighted by Crippen LogP contribution is 2.23. The summed E-state index contributed by atoms with van der Waals surface area (Å²) in [5.41, 5.74) is 1.01. The summed E-state index contributed by atoms with van der Waals surface area (Å²) < 4.78 is 13.2. The van der Waals surface area contributed by atoms with E-state index in [2.05, 4.69) is 24.5 Å². The first-order chi connectivity index (χ1) is 8.08. The molecule has 17 heavy (non-hydrogen) atoms. The van der Waals surface area contributed by atoms with E-state index in [-0.39, 0.29) is 11.2 Å². The second kappa shape index (κ2) is 5.15. The Morgan fingerprint density at radius 2 is 2.29 bits per heavy atom.